The van der Waals surface area contributed by atoms with E-state index >= 15 is 0 Å². The molecule has 3 aromatic carbocycles. The second-order valence-electron chi connectivity index (χ2n) is 9.48. The van der Waals surface area contributed by atoms with Crippen molar-refractivity contribution in [2.24, 2.45) is 4.99 Å². The Morgan fingerprint density at radius 1 is 0.977 bits per heavy atom. The maximum Gasteiger partial charge on any atom is 0.337 e. The van der Waals surface area contributed by atoms with Crippen molar-refractivity contribution in [2.45, 2.75) is 26.5 Å². The summed E-state index contributed by atoms with van der Waals surface area (Å²) in [6, 6.07) is 15.5. The highest BCUT2D eigenvalue weighted by atomic mass is 79.9. The average molecular weight is 718 g/mol. The van der Waals surface area contributed by atoms with Crippen LogP contribution in [-0.4, -0.2) is 30.9 Å². The monoisotopic (exact) mass is 716 g/mol. The third kappa shape index (κ3) is 6.73. The average Bonchev–Trinajstić information content (AvgIpc) is 3.33. The van der Waals surface area contributed by atoms with Gasteiger partial charge in [-0.1, -0.05) is 52.7 Å². The van der Waals surface area contributed by atoms with Crippen molar-refractivity contribution in [1.29, 1.82) is 0 Å². The first-order valence-electron chi connectivity index (χ1n) is 13.6. The van der Waals surface area contributed by atoms with E-state index in [0.717, 1.165) is 11.1 Å². The number of ether oxygens (including phenoxy) is 4. The normalized spacial score (nSPS) is 14.4. The number of aromatic nitrogens is 1. The van der Waals surface area contributed by atoms with Crippen LogP contribution in [0.2, 0.25) is 10.0 Å². The van der Waals surface area contributed by atoms with Gasteiger partial charge in [0, 0.05) is 6.20 Å². The lowest BCUT2D eigenvalue weighted by molar-refractivity contribution is -0.136. The number of fused-ring (bicyclic) bond motifs is 1. The Morgan fingerprint density at radius 2 is 1.73 bits per heavy atom. The zero-order valence-electron chi connectivity index (χ0n) is 23.9. The van der Waals surface area contributed by atoms with Gasteiger partial charge in [-0.2, -0.15) is 0 Å². The summed E-state index contributed by atoms with van der Waals surface area (Å²) in [6.45, 7) is 4.94. The summed E-state index contributed by atoms with van der Waals surface area (Å²) < 4.78 is 25.2. The quantitative estimate of drug-likeness (QED) is 0.175. The Balaban J connectivity index is 1.50. The van der Waals surface area contributed by atoms with E-state index < -0.39 is 12.0 Å². The maximum absolute atomic E-state index is 13.9. The number of hydrogen-bond donors (Lipinski definition) is 0. The maximum atomic E-state index is 13.9. The summed E-state index contributed by atoms with van der Waals surface area (Å²) in [6.07, 6.45) is 3.24. The summed E-state index contributed by atoms with van der Waals surface area (Å²) in [5, 5.41) is 0.940. The molecule has 0 fully saturated rings. The minimum Gasteiger partial charge on any atom is -0.490 e. The zero-order chi connectivity index (χ0) is 31.4. The molecule has 0 radical (unpaired) electrons. The highest BCUT2D eigenvalue weighted by molar-refractivity contribution is 9.10. The first kappa shape index (κ1) is 31.8. The largest absolute Gasteiger partial charge is 0.490 e. The molecular formula is C32H27BrCl2N2O6S. The van der Waals surface area contributed by atoms with E-state index in [-0.39, 0.29) is 11.1 Å². The fraction of sp³-hybridized carbons (Fsp3) is 0.219. The SMILES string of the molecule is CCOc1ccc([C@H]2C(C(=O)OC)=CN=c3s/c(=C\c4ccc(OCc5ccc(Cl)c(Cl)c5)c(Br)c4)c(=O)n32)cc1OCC. The third-order valence-corrected chi connectivity index (χ3v) is 9.00. The molecule has 1 aliphatic rings. The fourth-order valence-corrected chi connectivity index (χ4v) is 6.45. The van der Waals surface area contributed by atoms with Gasteiger partial charge in [-0.3, -0.25) is 9.36 Å². The van der Waals surface area contributed by atoms with E-state index in [1.54, 1.807) is 30.3 Å². The molecule has 4 aromatic rings. The van der Waals surface area contributed by atoms with Crippen molar-refractivity contribution in [3.63, 3.8) is 0 Å². The van der Waals surface area contributed by atoms with Crippen LogP contribution in [0.4, 0.5) is 0 Å². The molecule has 0 aliphatic carbocycles. The van der Waals surface area contributed by atoms with Crippen molar-refractivity contribution in [1.82, 2.24) is 4.57 Å². The molecular weight excluding hydrogens is 691 g/mol. The van der Waals surface area contributed by atoms with E-state index in [2.05, 4.69) is 20.9 Å². The smallest absolute Gasteiger partial charge is 0.337 e. The van der Waals surface area contributed by atoms with Gasteiger partial charge in [0.2, 0.25) is 0 Å². The van der Waals surface area contributed by atoms with E-state index in [9.17, 15) is 9.59 Å². The minimum atomic E-state index is -0.778. The van der Waals surface area contributed by atoms with Gasteiger partial charge in [0.25, 0.3) is 5.56 Å². The van der Waals surface area contributed by atoms with Gasteiger partial charge >= 0.3 is 5.97 Å². The first-order chi connectivity index (χ1) is 21.2. The number of methoxy groups -OCH3 is 1. The summed E-state index contributed by atoms with van der Waals surface area (Å²) in [5.41, 5.74) is 2.23. The molecule has 2 heterocycles. The van der Waals surface area contributed by atoms with Crippen molar-refractivity contribution >= 4 is 62.5 Å². The molecule has 0 amide bonds. The number of hydrogen-bond acceptors (Lipinski definition) is 8. The summed E-state index contributed by atoms with van der Waals surface area (Å²) in [7, 11) is 1.30. The molecule has 12 heteroatoms. The van der Waals surface area contributed by atoms with E-state index in [4.69, 9.17) is 42.1 Å². The predicted octanol–water partition coefficient (Wildman–Crippen LogP) is 6.46. The summed E-state index contributed by atoms with van der Waals surface area (Å²) in [5.74, 6) is 1.13. The van der Waals surface area contributed by atoms with Crippen LogP contribution >= 0.6 is 50.5 Å². The van der Waals surface area contributed by atoms with E-state index in [0.29, 0.717) is 66.5 Å². The van der Waals surface area contributed by atoms with Crippen LogP contribution < -0.4 is 29.1 Å². The lowest BCUT2D eigenvalue weighted by atomic mass is 9.97. The van der Waals surface area contributed by atoms with Crippen LogP contribution in [-0.2, 0) is 16.1 Å². The number of rotatable bonds is 10. The Labute approximate surface area is 275 Å². The molecule has 8 nitrogen and oxygen atoms in total. The molecule has 44 heavy (non-hydrogen) atoms. The Bertz CT molecular complexity index is 1940. The first-order valence-corrected chi connectivity index (χ1v) is 16.0. The highest BCUT2D eigenvalue weighted by Gasteiger charge is 2.31. The Morgan fingerprint density at radius 3 is 2.43 bits per heavy atom. The summed E-state index contributed by atoms with van der Waals surface area (Å²) >= 11 is 16.9. The van der Waals surface area contributed by atoms with Gasteiger partial charge in [-0.15, -0.1) is 0 Å². The van der Waals surface area contributed by atoms with Crippen molar-refractivity contribution < 1.29 is 23.7 Å². The molecule has 0 saturated carbocycles. The standard InChI is InChI=1S/C32H27BrCl2N2O6S/c1-4-41-26-11-8-20(15-27(26)42-5-2)29-21(31(39)40-3)16-36-32-37(29)30(38)28(44-32)14-18-7-10-25(22(33)12-18)43-17-19-6-9-23(34)24(35)13-19/h6-16,29H,4-5,17H2,1-3H3/b28-14-/t29-/m0/s1. The predicted molar refractivity (Wildman–Crippen MR) is 175 cm³/mol. The Kier molecular flexibility index (Phi) is 10.2. The Hall–Kier alpha value is -3.57. The van der Waals surface area contributed by atoms with Crippen molar-refractivity contribution in [3.8, 4) is 17.2 Å². The van der Waals surface area contributed by atoms with Gasteiger partial charge in [0.1, 0.15) is 12.4 Å². The third-order valence-electron chi connectivity index (χ3n) is 6.64. The highest BCUT2D eigenvalue weighted by Crippen LogP contribution is 2.35. The van der Waals surface area contributed by atoms with Crippen LogP contribution in [0.5, 0.6) is 17.2 Å². The number of carbonyl (C=O) groups is 1. The molecule has 0 saturated heterocycles. The van der Waals surface area contributed by atoms with Crippen molar-refractivity contribution in [2.75, 3.05) is 20.3 Å². The lowest BCUT2D eigenvalue weighted by Crippen LogP contribution is -2.39. The zero-order valence-corrected chi connectivity index (χ0v) is 27.8. The second kappa shape index (κ2) is 14.0. The van der Waals surface area contributed by atoms with Crippen LogP contribution in [0.25, 0.3) is 6.08 Å². The van der Waals surface area contributed by atoms with Gasteiger partial charge in [-0.05, 0) is 88.9 Å². The second-order valence-corrected chi connectivity index (χ2v) is 12.2. The molecule has 228 valence electrons. The lowest BCUT2D eigenvalue weighted by Gasteiger charge is -2.23. The fourth-order valence-electron chi connectivity index (χ4n) is 4.65. The van der Waals surface area contributed by atoms with Crippen LogP contribution in [0, 0.1) is 0 Å². The topological polar surface area (TPSA) is 88.4 Å². The number of esters is 1. The molecule has 0 bridgehead atoms. The van der Waals surface area contributed by atoms with E-state index in [1.807, 2.05) is 44.2 Å². The number of carbonyl (C=O) groups excluding carboxylic acids is 1. The van der Waals surface area contributed by atoms with Gasteiger partial charge in [-0.25, -0.2) is 9.79 Å². The van der Waals surface area contributed by atoms with Crippen molar-refractivity contribution in [3.05, 3.63) is 117 Å². The van der Waals surface area contributed by atoms with Gasteiger partial charge < -0.3 is 18.9 Å². The number of thiazole rings is 1. The molecule has 1 aliphatic heterocycles. The molecule has 1 atom stereocenters. The number of halogens is 3. The van der Waals surface area contributed by atoms with E-state index in [1.165, 1.54) is 29.2 Å². The van der Waals surface area contributed by atoms with Gasteiger partial charge in [0.05, 0.1) is 51.0 Å². The van der Waals surface area contributed by atoms with Crippen LogP contribution in [0.3, 0.4) is 0 Å². The molecule has 1 aromatic heterocycles. The molecule has 0 spiro atoms. The molecule has 0 N–H and O–H groups in total. The minimum absolute atomic E-state index is 0.226. The van der Waals surface area contributed by atoms with Gasteiger partial charge in [0.15, 0.2) is 16.3 Å². The summed E-state index contributed by atoms with van der Waals surface area (Å²) in [4.78, 5) is 31.6. The number of benzene rings is 3. The van der Waals surface area contributed by atoms with Crippen LogP contribution in [0.1, 0.15) is 36.6 Å². The number of nitrogens with zero attached hydrogens (tertiary/aromatic N) is 2. The molecule has 5 rings (SSSR count). The molecule has 0 unspecified atom stereocenters. The van der Waals surface area contributed by atoms with Crippen LogP contribution in [0.15, 0.2) is 80.6 Å².